The Morgan fingerprint density at radius 2 is 1.48 bits per heavy atom. The summed E-state index contributed by atoms with van der Waals surface area (Å²) in [6.07, 6.45) is -3.64. The SMILES string of the molecule is Fc1cc(C(F)(F)F)cc(F)c1Oc1c(F)cccc1-c1ccco1. The third kappa shape index (κ3) is 3.33. The van der Waals surface area contributed by atoms with Gasteiger partial charge in [0.25, 0.3) is 0 Å². The summed E-state index contributed by atoms with van der Waals surface area (Å²) in [5.41, 5.74) is -1.47. The van der Waals surface area contributed by atoms with Gasteiger partial charge in [0, 0.05) is 0 Å². The Morgan fingerprint density at radius 1 is 0.800 bits per heavy atom. The molecule has 2 nitrogen and oxygen atoms in total. The highest BCUT2D eigenvalue weighted by Gasteiger charge is 2.33. The molecular weight excluding hydrogens is 350 g/mol. The van der Waals surface area contributed by atoms with Gasteiger partial charge >= 0.3 is 6.18 Å². The van der Waals surface area contributed by atoms with E-state index in [2.05, 4.69) is 0 Å². The van der Waals surface area contributed by atoms with Crippen LogP contribution in [-0.2, 0) is 6.18 Å². The molecule has 8 heteroatoms. The molecule has 0 N–H and O–H groups in total. The Hall–Kier alpha value is -2.90. The number of benzene rings is 2. The van der Waals surface area contributed by atoms with Crippen molar-refractivity contribution >= 4 is 0 Å². The number of hydrogen-bond donors (Lipinski definition) is 0. The average Bonchev–Trinajstić information content (AvgIpc) is 3.05. The van der Waals surface area contributed by atoms with Crippen LogP contribution in [0.25, 0.3) is 11.3 Å². The van der Waals surface area contributed by atoms with E-state index in [-0.39, 0.29) is 23.5 Å². The van der Waals surface area contributed by atoms with Crippen molar-refractivity contribution in [2.24, 2.45) is 0 Å². The molecule has 0 unspecified atom stereocenters. The highest BCUT2D eigenvalue weighted by Crippen LogP contribution is 2.39. The summed E-state index contributed by atoms with van der Waals surface area (Å²) in [5, 5.41) is 0. The number of halogens is 6. The maximum atomic E-state index is 14.1. The van der Waals surface area contributed by atoms with Gasteiger partial charge in [-0.05, 0) is 36.4 Å². The van der Waals surface area contributed by atoms with Gasteiger partial charge < -0.3 is 9.15 Å². The van der Waals surface area contributed by atoms with Gasteiger partial charge in [-0.1, -0.05) is 6.07 Å². The predicted octanol–water partition coefficient (Wildman–Crippen LogP) is 6.18. The minimum atomic E-state index is -4.93. The second-order valence-electron chi connectivity index (χ2n) is 4.96. The number of rotatable bonds is 3. The molecule has 0 bridgehead atoms. The lowest BCUT2D eigenvalue weighted by molar-refractivity contribution is -0.138. The van der Waals surface area contributed by atoms with Gasteiger partial charge in [0.1, 0.15) is 5.76 Å². The van der Waals surface area contributed by atoms with E-state index in [4.69, 9.17) is 9.15 Å². The zero-order chi connectivity index (χ0) is 18.2. The number of para-hydroxylation sites is 1. The van der Waals surface area contributed by atoms with Crippen LogP contribution in [0.3, 0.4) is 0 Å². The number of alkyl halides is 3. The van der Waals surface area contributed by atoms with Gasteiger partial charge in [-0.2, -0.15) is 13.2 Å². The monoisotopic (exact) mass is 358 g/mol. The van der Waals surface area contributed by atoms with Crippen LogP contribution in [0.1, 0.15) is 5.56 Å². The minimum Gasteiger partial charge on any atom is -0.464 e. The number of hydrogen-bond acceptors (Lipinski definition) is 2. The molecule has 25 heavy (non-hydrogen) atoms. The van der Waals surface area contributed by atoms with Crippen molar-refractivity contribution in [3.63, 3.8) is 0 Å². The molecule has 2 aromatic carbocycles. The molecule has 0 fully saturated rings. The Labute approximate surface area is 137 Å². The smallest absolute Gasteiger partial charge is 0.416 e. The molecule has 130 valence electrons. The molecular formula is C17H8F6O2. The summed E-state index contributed by atoms with van der Waals surface area (Å²) in [4.78, 5) is 0. The summed E-state index contributed by atoms with van der Waals surface area (Å²) in [6.45, 7) is 0. The minimum absolute atomic E-state index is 0.0451. The van der Waals surface area contributed by atoms with Crippen molar-refractivity contribution in [1.82, 2.24) is 0 Å². The van der Waals surface area contributed by atoms with Gasteiger partial charge in [-0.3, -0.25) is 0 Å². The Bertz CT molecular complexity index is 877. The first-order valence-electron chi connectivity index (χ1n) is 6.84. The van der Waals surface area contributed by atoms with Gasteiger partial charge in [0.15, 0.2) is 29.0 Å². The van der Waals surface area contributed by atoms with Crippen molar-refractivity contribution in [3.05, 3.63) is 71.7 Å². The fraction of sp³-hybridized carbons (Fsp3) is 0.0588. The standard InChI is InChI=1S/C17H8F6O2/c18-11-4-1-3-10(14-5-2-6-24-14)15(11)25-16-12(19)7-9(8-13(16)20)17(21,22)23/h1-8H. The lowest BCUT2D eigenvalue weighted by atomic mass is 10.1. The highest BCUT2D eigenvalue weighted by molar-refractivity contribution is 5.66. The lowest BCUT2D eigenvalue weighted by Gasteiger charge is -2.14. The van der Waals surface area contributed by atoms with Crippen LogP contribution in [-0.4, -0.2) is 0 Å². The Kier molecular flexibility index (Phi) is 4.20. The van der Waals surface area contributed by atoms with E-state index in [9.17, 15) is 26.3 Å². The predicted molar refractivity (Wildman–Crippen MR) is 75.5 cm³/mol. The van der Waals surface area contributed by atoms with E-state index in [0.717, 1.165) is 6.07 Å². The molecule has 3 aromatic rings. The zero-order valence-corrected chi connectivity index (χ0v) is 12.2. The molecule has 0 saturated carbocycles. The fourth-order valence-electron chi connectivity index (χ4n) is 2.16. The van der Waals surface area contributed by atoms with Crippen molar-refractivity contribution < 1.29 is 35.5 Å². The van der Waals surface area contributed by atoms with E-state index < -0.39 is 40.7 Å². The first kappa shape index (κ1) is 16.9. The summed E-state index contributed by atoms with van der Waals surface area (Å²) in [6, 6.07) is 6.78. The van der Waals surface area contributed by atoms with Gasteiger partial charge in [0.05, 0.1) is 17.4 Å². The second kappa shape index (κ2) is 6.19. The summed E-state index contributed by atoms with van der Waals surface area (Å²) >= 11 is 0. The number of furan rings is 1. The third-order valence-corrected chi connectivity index (χ3v) is 3.28. The quantitative estimate of drug-likeness (QED) is 0.522. The fourth-order valence-corrected chi connectivity index (χ4v) is 2.16. The van der Waals surface area contributed by atoms with Gasteiger partial charge in [0.2, 0.25) is 0 Å². The first-order valence-corrected chi connectivity index (χ1v) is 6.84. The van der Waals surface area contributed by atoms with Crippen LogP contribution >= 0.6 is 0 Å². The average molecular weight is 358 g/mol. The van der Waals surface area contributed by atoms with Crippen LogP contribution in [0.2, 0.25) is 0 Å². The Balaban J connectivity index is 2.07. The molecule has 0 aliphatic rings. The molecule has 0 aliphatic carbocycles. The van der Waals surface area contributed by atoms with Crippen molar-refractivity contribution in [3.8, 4) is 22.8 Å². The van der Waals surface area contributed by atoms with E-state index in [1.165, 1.54) is 30.5 Å². The molecule has 0 aliphatic heterocycles. The molecule has 1 heterocycles. The van der Waals surface area contributed by atoms with Crippen LogP contribution in [0.15, 0.2) is 53.1 Å². The third-order valence-electron chi connectivity index (χ3n) is 3.28. The summed E-state index contributed by atoms with van der Waals surface area (Å²) < 4.78 is 89.7. The van der Waals surface area contributed by atoms with Gasteiger partial charge in [-0.15, -0.1) is 0 Å². The van der Waals surface area contributed by atoms with Gasteiger partial charge in [-0.25, -0.2) is 13.2 Å². The van der Waals surface area contributed by atoms with Crippen molar-refractivity contribution in [2.75, 3.05) is 0 Å². The molecule has 0 amide bonds. The highest BCUT2D eigenvalue weighted by atomic mass is 19.4. The van der Waals surface area contributed by atoms with E-state index in [1.54, 1.807) is 0 Å². The first-order chi connectivity index (χ1) is 11.8. The second-order valence-corrected chi connectivity index (χ2v) is 4.96. The maximum Gasteiger partial charge on any atom is 0.416 e. The van der Waals surface area contributed by atoms with Crippen LogP contribution in [0.4, 0.5) is 26.3 Å². The number of ether oxygens (including phenoxy) is 1. The summed E-state index contributed by atoms with van der Waals surface area (Å²) in [7, 11) is 0. The maximum absolute atomic E-state index is 14.1. The molecule has 0 radical (unpaired) electrons. The molecule has 1 aromatic heterocycles. The van der Waals surface area contributed by atoms with Crippen molar-refractivity contribution in [2.45, 2.75) is 6.18 Å². The largest absolute Gasteiger partial charge is 0.464 e. The van der Waals surface area contributed by atoms with E-state index >= 15 is 0 Å². The van der Waals surface area contributed by atoms with Crippen LogP contribution in [0.5, 0.6) is 11.5 Å². The normalized spacial score (nSPS) is 11.6. The van der Waals surface area contributed by atoms with E-state index in [1.807, 2.05) is 0 Å². The molecule has 0 atom stereocenters. The van der Waals surface area contributed by atoms with Crippen LogP contribution in [0, 0.1) is 17.5 Å². The Morgan fingerprint density at radius 3 is 2.04 bits per heavy atom. The molecule has 0 spiro atoms. The lowest BCUT2D eigenvalue weighted by Crippen LogP contribution is -2.07. The van der Waals surface area contributed by atoms with Crippen molar-refractivity contribution in [1.29, 1.82) is 0 Å². The topological polar surface area (TPSA) is 22.4 Å². The summed E-state index contributed by atoms with van der Waals surface area (Å²) in [5.74, 6) is -5.75. The van der Waals surface area contributed by atoms with E-state index in [0.29, 0.717) is 0 Å². The van der Waals surface area contributed by atoms with Crippen LogP contribution < -0.4 is 4.74 Å². The zero-order valence-electron chi connectivity index (χ0n) is 12.2. The molecule has 3 rings (SSSR count). The molecule has 0 saturated heterocycles.